The number of aliphatic hydroxyl groups is 1. The Labute approximate surface area is 193 Å². The molecule has 1 atom stereocenters. The van der Waals surface area contributed by atoms with E-state index in [-0.39, 0.29) is 17.1 Å². The lowest BCUT2D eigenvalue weighted by molar-refractivity contribution is -0.115. The summed E-state index contributed by atoms with van der Waals surface area (Å²) in [6.45, 7) is 1.25. The minimum atomic E-state index is -3.32. The van der Waals surface area contributed by atoms with Gasteiger partial charge < -0.3 is 16.2 Å². The number of benzene rings is 2. The van der Waals surface area contributed by atoms with Gasteiger partial charge in [-0.3, -0.25) is 4.79 Å². The van der Waals surface area contributed by atoms with Crippen molar-refractivity contribution in [3.63, 3.8) is 0 Å². The minimum absolute atomic E-state index is 0.158. The molecule has 1 amide bonds. The summed E-state index contributed by atoms with van der Waals surface area (Å²) in [5.41, 5.74) is 3.60. The molecule has 0 radical (unpaired) electrons. The number of hydrogen-bond donors (Lipinski definition) is 3. The Balaban J connectivity index is 1.92. The van der Waals surface area contributed by atoms with E-state index in [9.17, 15) is 9.90 Å². The number of carbonyl (C=O) groups is 1. The number of anilines is 2. The Morgan fingerprint density at radius 1 is 1.34 bits per heavy atom. The van der Waals surface area contributed by atoms with Crippen molar-refractivity contribution in [1.29, 1.82) is 0 Å². The van der Waals surface area contributed by atoms with E-state index in [1.54, 1.807) is 0 Å². The third-order valence-electron chi connectivity index (χ3n) is 3.51. The molecule has 1 aromatic heterocycles. The van der Waals surface area contributed by atoms with Crippen LogP contribution in [0.15, 0.2) is 53.7 Å². The molecular weight excluding hydrogens is 382 g/mol. The van der Waals surface area contributed by atoms with Crippen LogP contribution in [0.2, 0.25) is 0 Å². The van der Waals surface area contributed by atoms with Crippen LogP contribution in [0.5, 0.6) is 0 Å². The Morgan fingerprint density at radius 3 is 2.86 bits per heavy atom. The highest BCUT2D eigenvalue weighted by atomic mass is 32.1. The Kier molecular flexibility index (Phi) is 3.47. The molecule has 0 aliphatic rings. The van der Waals surface area contributed by atoms with Crippen LogP contribution in [-0.4, -0.2) is 16.0 Å². The van der Waals surface area contributed by atoms with E-state index in [0.29, 0.717) is 5.69 Å². The number of nitrogens with zero attached hydrogens (tertiary/aromatic N) is 1. The fraction of sp³-hybridized carbons (Fsp3) is 0.304. The Bertz CT molecular complexity index is 1500. The zero-order valence-corrected chi connectivity index (χ0v) is 16.3. The quantitative estimate of drug-likeness (QED) is 0.468. The monoisotopic (exact) mass is 422 g/mol. The number of carbonyl (C=O) groups excluding carboxylic acids is 1. The van der Waals surface area contributed by atoms with Crippen molar-refractivity contribution in [3.8, 4) is 0 Å². The van der Waals surface area contributed by atoms with Crippen molar-refractivity contribution >= 4 is 28.1 Å². The summed E-state index contributed by atoms with van der Waals surface area (Å²) < 4.78 is 107. The predicted octanol–water partition coefficient (Wildman–Crippen LogP) is 4.66. The van der Waals surface area contributed by atoms with Gasteiger partial charge in [0.2, 0.25) is 5.91 Å². The lowest BCUT2D eigenvalue weighted by atomic mass is 10.00. The van der Waals surface area contributed by atoms with Crippen LogP contribution >= 0.6 is 11.3 Å². The van der Waals surface area contributed by atoms with Gasteiger partial charge >= 0.3 is 0 Å². The van der Waals surface area contributed by atoms with Crippen molar-refractivity contribution in [2.24, 2.45) is 0 Å². The molecule has 0 saturated heterocycles. The zero-order valence-electron chi connectivity index (χ0n) is 28.5. The first-order valence-corrected chi connectivity index (χ1v) is 9.44. The summed E-state index contributed by atoms with van der Waals surface area (Å²) >= 11 is 1.10. The molecule has 2 aromatic carbocycles. The number of nitrogens with two attached hydrogens (primary N) is 1. The van der Waals surface area contributed by atoms with Gasteiger partial charge in [-0.2, -0.15) is 0 Å². The van der Waals surface area contributed by atoms with Gasteiger partial charge in [0.25, 0.3) is 0 Å². The zero-order chi connectivity index (χ0) is 32.1. The van der Waals surface area contributed by atoms with Crippen molar-refractivity contribution in [2.75, 3.05) is 11.1 Å². The third kappa shape index (κ3) is 6.69. The summed E-state index contributed by atoms with van der Waals surface area (Å²) in [5, 5.41) is 14.9. The third-order valence-corrected chi connectivity index (χ3v) is 4.23. The molecule has 0 saturated carbocycles. The molecule has 0 fully saturated rings. The molecule has 3 aromatic rings. The first-order valence-electron chi connectivity index (χ1n) is 15.1. The molecular formula is C23H27N3O2S. The summed E-state index contributed by atoms with van der Waals surface area (Å²) in [7, 11) is 0. The summed E-state index contributed by atoms with van der Waals surface area (Å²) in [6.07, 6.45) is -11.2. The highest BCUT2D eigenvalue weighted by Crippen LogP contribution is 2.21. The molecule has 0 spiro atoms. The normalized spacial score (nSPS) is 20.4. The second-order valence-corrected chi connectivity index (χ2v) is 6.74. The fourth-order valence-corrected chi connectivity index (χ4v) is 2.79. The van der Waals surface area contributed by atoms with Crippen LogP contribution in [0.1, 0.15) is 65.5 Å². The van der Waals surface area contributed by atoms with Gasteiger partial charge in [-0.15, -0.1) is 11.3 Å². The van der Waals surface area contributed by atoms with Gasteiger partial charge in [-0.05, 0) is 49.3 Å². The van der Waals surface area contributed by atoms with Gasteiger partial charge in [-0.25, -0.2) is 4.98 Å². The number of aromatic nitrogens is 1. The second kappa shape index (κ2) is 10.2. The maximum atomic E-state index is 12.4. The van der Waals surface area contributed by atoms with E-state index in [2.05, 4.69) is 10.3 Å². The molecule has 0 unspecified atom stereocenters. The minimum Gasteiger partial charge on any atom is -0.388 e. The lowest BCUT2D eigenvalue weighted by Crippen LogP contribution is -2.14. The van der Waals surface area contributed by atoms with Crippen molar-refractivity contribution in [2.45, 2.75) is 45.0 Å². The van der Waals surface area contributed by atoms with Crippen LogP contribution in [-0.2, 0) is 17.6 Å². The largest absolute Gasteiger partial charge is 0.388 e. The molecule has 0 bridgehead atoms. The molecule has 4 N–H and O–H groups in total. The SMILES string of the molecule is [2H]c1c([2H])c(C)c([2H])c([C@@]([2H])(O)C([2H])([2H])CCC([2H])([2H])c2c([2H])c([2H])c(NC(=O)Cc3csc(N)n3)c([2H])c2[2H])c1[2H]. The van der Waals surface area contributed by atoms with E-state index in [1.165, 1.54) is 12.3 Å². The average molecular weight is 423 g/mol. The highest BCUT2D eigenvalue weighted by Gasteiger charge is 2.08. The Hall–Kier alpha value is -2.70. The van der Waals surface area contributed by atoms with Crippen molar-refractivity contribution < 1.29 is 27.7 Å². The van der Waals surface area contributed by atoms with Gasteiger partial charge in [0.1, 0.15) is 0 Å². The van der Waals surface area contributed by atoms with Crippen molar-refractivity contribution in [3.05, 3.63) is 76.1 Å². The van der Waals surface area contributed by atoms with E-state index >= 15 is 0 Å². The summed E-state index contributed by atoms with van der Waals surface area (Å²) in [5.74, 6) is -0.716. The maximum Gasteiger partial charge on any atom is 0.230 e. The van der Waals surface area contributed by atoms with Gasteiger partial charge in [0.15, 0.2) is 5.13 Å². The molecule has 152 valence electrons. The number of nitrogen functional groups attached to an aromatic ring is 1. The van der Waals surface area contributed by atoms with Crippen LogP contribution in [0.3, 0.4) is 0 Å². The molecule has 1 heterocycles. The van der Waals surface area contributed by atoms with E-state index < -0.39 is 103 Å². The highest BCUT2D eigenvalue weighted by molar-refractivity contribution is 7.13. The average Bonchev–Trinajstić information content (AvgIpc) is 3.30. The fourth-order valence-electron chi connectivity index (χ4n) is 2.23. The van der Waals surface area contributed by atoms with E-state index in [0.717, 1.165) is 11.3 Å². The number of thiazole rings is 1. The molecule has 3 rings (SSSR count). The van der Waals surface area contributed by atoms with Crippen LogP contribution < -0.4 is 11.1 Å². The summed E-state index contributed by atoms with van der Waals surface area (Å²) in [4.78, 5) is 16.4. The first-order chi connectivity index (χ1) is 19.2. The first kappa shape index (κ1) is 9.87. The lowest BCUT2D eigenvalue weighted by Gasteiger charge is -2.11. The Morgan fingerprint density at radius 2 is 2.14 bits per heavy atom. The van der Waals surface area contributed by atoms with Crippen LogP contribution in [0, 0.1) is 6.92 Å². The topological polar surface area (TPSA) is 88.2 Å². The van der Waals surface area contributed by atoms with Gasteiger partial charge in [-0.1, -0.05) is 48.2 Å². The molecule has 5 nitrogen and oxygen atoms in total. The van der Waals surface area contributed by atoms with Crippen LogP contribution in [0.25, 0.3) is 0 Å². The van der Waals surface area contributed by atoms with E-state index in [1.807, 2.05) is 0 Å². The van der Waals surface area contributed by atoms with Gasteiger partial charge in [0, 0.05) is 16.6 Å². The molecule has 0 aliphatic heterocycles. The predicted molar refractivity (Wildman–Crippen MR) is 119 cm³/mol. The number of amides is 1. The molecule has 0 aliphatic carbocycles. The molecule has 6 heteroatoms. The maximum absolute atomic E-state index is 12.4. The second-order valence-electron chi connectivity index (χ2n) is 5.85. The number of nitrogens with one attached hydrogen (secondary N) is 1. The van der Waals surface area contributed by atoms with Gasteiger partial charge in [0.05, 0.1) is 30.5 Å². The van der Waals surface area contributed by atoms with Crippen LogP contribution in [0.4, 0.5) is 10.8 Å². The van der Waals surface area contributed by atoms with Crippen molar-refractivity contribution in [1.82, 2.24) is 4.98 Å². The number of rotatable bonds is 9. The standard InChI is InChI=1S/C23H27N3O2S/c1-16-5-4-7-18(13-16)21(27)8-3-2-6-17-9-11-19(12-10-17)25-22(28)14-20-15-29-23(24)26-20/h4-5,7,9-13,15,21,27H,2-3,6,8,14H2,1H3,(H2,24,26)(H,25,28)/t21-/m0/s1/i4D,5D,6D2,7D,8D2,9D,10D,11D,12D,13D,21D. The summed E-state index contributed by atoms with van der Waals surface area (Å²) in [6, 6.07) is -5.97. The smallest absolute Gasteiger partial charge is 0.230 e. The number of hydrogen-bond acceptors (Lipinski definition) is 5. The molecule has 29 heavy (non-hydrogen) atoms. The van der Waals surface area contributed by atoms with E-state index in [4.69, 9.17) is 23.6 Å².